The van der Waals surface area contributed by atoms with Crippen LogP contribution in [0.2, 0.25) is 0 Å². The van der Waals surface area contributed by atoms with E-state index in [0.717, 1.165) is 10.1 Å². The van der Waals surface area contributed by atoms with Crippen molar-refractivity contribution in [3.05, 3.63) is 59.0 Å². The fourth-order valence-corrected chi connectivity index (χ4v) is 3.54. The molecule has 0 spiro atoms. The highest BCUT2D eigenvalue weighted by Gasteiger charge is 2.21. The fourth-order valence-electron chi connectivity index (χ4n) is 2.46. The van der Waals surface area contributed by atoms with E-state index in [1.165, 1.54) is 18.4 Å². The lowest BCUT2D eigenvalue weighted by molar-refractivity contribution is 0.0607. The monoisotopic (exact) mass is 355 g/mol. The van der Waals surface area contributed by atoms with E-state index in [4.69, 9.17) is 9.47 Å². The summed E-state index contributed by atoms with van der Waals surface area (Å²) >= 11 is 1.29. The molecule has 25 heavy (non-hydrogen) atoms. The summed E-state index contributed by atoms with van der Waals surface area (Å²) < 4.78 is 11.1. The normalized spacial score (nSPS) is 10.5. The van der Waals surface area contributed by atoms with Crippen LogP contribution in [0, 0.1) is 0 Å². The van der Waals surface area contributed by atoms with Crippen molar-refractivity contribution < 1.29 is 19.1 Å². The summed E-state index contributed by atoms with van der Waals surface area (Å²) in [7, 11) is 1.32. The molecule has 0 aliphatic rings. The van der Waals surface area contributed by atoms with Crippen molar-refractivity contribution in [3.8, 4) is 5.75 Å². The van der Waals surface area contributed by atoms with Gasteiger partial charge in [-0.3, -0.25) is 4.79 Å². The van der Waals surface area contributed by atoms with Gasteiger partial charge in [-0.25, -0.2) is 4.79 Å². The molecule has 1 heterocycles. The third kappa shape index (κ3) is 3.49. The van der Waals surface area contributed by atoms with Crippen LogP contribution in [0.5, 0.6) is 5.75 Å². The summed E-state index contributed by atoms with van der Waals surface area (Å²) in [6, 6.07) is 14.4. The number of carbonyl (C=O) groups excluding carboxylic acids is 2. The number of benzene rings is 2. The third-order valence-electron chi connectivity index (χ3n) is 3.63. The van der Waals surface area contributed by atoms with E-state index >= 15 is 0 Å². The van der Waals surface area contributed by atoms with Crippen LogP contribution in [-0.2, 0) is 4.74 Å². The van der Waals surface area contributed by atoms with Gasteiger partial charge in [-0.2, -0.15) is 0 Å². The molecular formula is C19H17NO4S. The minimum Gasteiger partial charge on any atom is -0.494 e. The Morgan fingerprint density at radius 1 is 1.08 bits per heavy atom. The number of esters is 1. The van der Waals surface area contributed by atoms with Crippen molar-refractivity contribution in [2.75, 3.05) is 19.0 Å². The first-order chi connectivity index (χ1) is 12.1. The van der Waals surface area contributed by atoms with Gasteiger partial charge in [0.25, 0.3) is 5.91 Å². The maximum Gasteiger partial charge on any atom is 0.350 e. The number of carbonyl (C=O) groups is 2. The number of hydrogen-bond acceptors (Lipinski definition) is 5. The van der Waals surface area contributed by atoms with Crippen molar-refractivity contribution in [3.63, 3.8) is 0 Å². The Morgan fingerprint density at radius 2 is 1.80 bits per heavy atom. The van der Waals surface area contributed by atoms with E-state index in [-0.39, 0.29) is 5.91 Å². The molecule has 0 saturated heterocycles. The van der Waals surface area contributed by atoms with Crippen molar-refractivity contribution in [2.45, 2.75) is 6.92 Å². The van der Waals surface area contributed by atoms with Crippen LogP contribution in [0.15, 0.2) is 48.5 Å². The average molecular weight is 355 g/mol. The van der Waals surface area contributed by atoms with Gasteiger partial charge in [-0.15, -0.1) is 11.3 Å². The molecule has 0 unspecified atom stereocenters. The predicted molar refractivity (Wildman–Crippen MR) is 98.7 cm³/mol. The molecule has 0 bridgehead atoms. The third-order valence-corrected chi connectivity index (χ3v) is 4.78. The summed E-state index contributed by atoms with van der Waals surface area (Å²) in [6.45, 7) is 2.46. The highest BCUT2D eigenvalue weighted by molar-refractivity contribution is 7.21. The molecule has 5 nitrogen and oxygen atoms in total. The van der Waals surface area contributed by atoms with Gasteiger partial charge in [0.2, 0.25) is 0 Å². The van der Waals surface area contributed by atoms with E-state index in [0.29, 0.717) is 28.5 Å². The lowest BCUT2D eigenvalue weighted by atomic mass is 10.1. The van der Waals surface area contributed by atoms with E-state index in [9.17, 15) is 9.59 Å². The molecule has 0 atom stereocenters. The lowest BCUT2D eigenvalue weighted by Gasteiger charge is -2.08. The zero-order chi connectivity index (χ0) is 17.8. The van der Waals surface area contributed by atoms with Gasteiger partial charge >= 0.3 is 5.97 Å². The highest BCUT2D eigenvalue weighted by atomic mass is 32.1. The molecule has 3 rings (SSSR count). The number of amides is 1. The van der Waals surface area contributed by atoms with E-state index < -0.39 is 5.97 Å². The fraction of sp³-hybridized carbons (Fsp3) is 0.158. The summed E-state index contributed by atoms with van der Waals surface area (Å²) in [5, 5.41) is 3.66. The van der Waals surface area contributed by atoms with Crippen molar-refractivity contribution in [1.82, 2.24) is 0 Å². The van der Waals surface area contributed by atoms with Gasteiger partial charge in [0, 0.05) is 15.6 Å². The van der Waals surface area contributed by atoms with Crippen molar-refractivity contribution in [1.29, 1.82) is 0 Å². The topological polar surface area (TPSA) is 64.6 Å². The average Bonchev–Trinajstić information content (AvgIpc) is 3.00. The van der Waals surface area contributed by atoms with Crippen LogP contribution in [0.3, 0.4) is 0 Å². The Hall–Kier alpha value is -2.86. The number of ether oxygens (including phenoxy) is 2. The number of methoxy groups -OCH3 is 1. The molecular weight excluding hydrogens is 338 g/mol. The Labute approximate surface area is 149 Å². The number of nitrogens with one attached hydrogen (secondary N) is 1. The molecule has 128 valence electrons. The standard InChI is InChI=1S/C19H17NO4S/c1-3-24-13-10-8-12(9-11-13)18(21)20-16-14-6-4-5-7-15(14)25-17(16)19(22)23-2/h4-11H,3H2,1-2H3,(H,20,21). The van der Waals surface area contributed by atoms with Gasteiger partial charge in [0.05, 0.1) is 19.4 Å². The van der Waals surface area contributed by atoms with Crippen LogP contribution in [0.25, 0.3) is 10.1 Å². The number of hydrogen-bond donors (Lipinski definition) is 1. The number of anilines is 1. The summed E-state index contributed by atoms with van der Waals surface area (Å²) in [5.41, 5.74) is 0.959. The minimum atomic E-state index is -0.469. The summed E-state index contributed by atoms with van der Waals surface area (Å²) in [6.07, 6.45) is 0. The van der Waals surface area contributed by atoms with Crippen LogP contribution in [0.1, 0.15) is 27.0 Å². The Bertz CT molecular complexity index is 915. The maximum absolute atomic E-state index is 12.6. The van der Waals surface area contributed by atoms with Crippen LogP contribution in [0.4, 0.5) is 5.69 Å². The highest BCUT2D eigenvalue weighted by Crippen LogP contribution is 2.36. The zero-order valence-corrected chi connectivity index (χ0v) is 14.7. The van der Waals surface area contributed by atoms with Crippen LogP contribution < -0.4 is 10.1 Å². The van der Waals surface area contributed by atoms with Crippen LogP contribution >= 0.6 is 11.3 Å². The molecule has 0 fully saturated rings. The van der Waals surface area contributed by atoms with Crippen LogP contribution in [-0.4, -0.2) is 25.6 Å². The van der Waals surface area contributed by atoms with Crippen molar-refractivity contribution >= 4 is 39.0 Å². The second-order valence-corrected chi connectivity index (χ2v) is 6.26. The van der Waals surface area contributed by atoms with E-state index in [2.05, 4.69) is 5.32 Å². The first-order valence-corrected chi connectivity index (χ1v) is 8.59. The minimum absolute atomic E-state index is 0.295. The summed E-state index contributed by atoms with van der Waals surface area (Å²) in [5.74, 6) is -0.0600. The predicted octanol–water partition coefficient (Wildman–Crippen LogP) is 4.34. The molecule has 3 aromatic rings. The molecule has 0 aliphatic carbocycles. The van der Waals surface area contributed by atoms with Gasteiger partial charge in [0.1, 0.15) is 10.6 Å². The molecule has 6 heteroatoms. The van der Waals surface area contributed by atoms with Gasteiger partial charge in [0.15, 0.2) is 0 Å². The number of fused-ring (bicyclic) bond motifs is 1. The Balaban J connectivity index is 1.93. The largest absolute Gasteiger partial charge is 0.494 e. The van der Waals surface area contributed by atoms with Crippen molar-refractivity contribution in [2.24, 2.45) is 0 Å². The first-order valence-electron chi connectivity index (χ1n) is 7.78. The molecule has 0 radical (unpaired) electrons. The SMILES string of the molecule is CCOc1ccc(C(=O)Nc2c(C(=O)OC)sc3ccccc23)cc1. The Kier molecular flexibility index (Phi) is 5.00. The Morgan fingerprint density at radius 3 is 2.48 bits per heavy atom. The second-order valence-electron chi connectivity index (χ2n) is 5.21. The zero-order valence-electron chi connectivity index (χ0n) is 13.9. The first kappa shape index (κ1) is 17.0. The molecule has 1 aromatic heterocycles. The molecule has 0 saturated carbocycles. The molecule has 2 aromatic carbocycles. The number of thiophene rings is 1. The quantitative estimate of drug-likeness (QED) is 0.692. The van der Waals surface area contributed by atoms with Gasteiger partial charge in [-0.05, 0) is 37.3 Å². The molecule has 1 N–H and O–H groups in total. The van der Waals surface area contributed by atoms with E-state index in [1.54, 1.807) is 24.3 Å². The smallest absolute Gasteiger partial charge is 0.350 e. The molecule has 0 aliphatic heterocycles. The summed E-state index contributed by atoms with van der Waals surface area (Å²) in [4.78, 5) is 25.0. The molecule has 1 amide bonds. The van der Waals surface area contributed by atoms with Gasteiger partial charge < -0.3 is 14.8 Å². The number of rotatable bonds is 5. The maximum atomic E-state index is 12.6. The van der Waals surface area contributed by atoms with E-state index in [1.807, 2.05) is 31.2 Å². The van der Waals surface area contributed by atoms with Gasteiger partial charge in [-0.1, -0.05) is 18.2 Å². The second kappa shape index (κ2) is 7.36. The lowest BCUT2D eigenvalue weighted by Crippen LogP contribution is -2.14.